The highest BCUT2D eigenvalue weighted by Crippen LogP contribution is 2.39. The summed E-state index contributed by atoms with van der Waals surface area (Å²) in [5.41, 5.74) is 7.17. The third-order valence-electron chi connectivity index (χ3n) is 7.45. The van der Waals surface area contributed by atoms with Crippen molar-refractivity contribution in [3.05, 3.63) is 60.4 Å². The standard InChI is InChI=1S/C27H27N7O/c1-17-24-23(12-18-7-9-27(2,16-35)10-8-18)31-25-21(15-30-34(25)26(24)33-32-17)19-5-6-22(29-14-19)20-4-3-11-28-13-20/h3-6,11,13-16,18H,7-10,12H2,1-2H3,(H,32,33). The second-order valence-electron chi connectivity index (χ2n) is 9.99. The fourth-order valence-corrected chi connectivity index (χ4v) is 5.23. The van der Waals surface area contributed by atoms with Crippen LogP contribution in [0.1, 0.15) is 44.0 Å². The molecule has 5 aromatic rings. The van der Waals surface area contributed by atoms with Gasteiger partial charge in [-0.2, -0.15) is 14.7 Å². The minimum atomic E-state index is -0.178. The largest absolute Gasteiger partial charge is 0.303 e. The first kappa shape index (κ1) is 21.6. The number of aromatic nitrogens is 7. The van der Waals surface area contributed by atoms with Crippen molar-refractivity contribution in [1.29, 1.82) is 0 Å². The van der Waals surface area contributed by atoms with Crippen LogP contribution >= 0.6 is 0 Å². The van der Waals surface area contributed by atoms with E-state index >= 15 is 0 Å². The Morgan fingerprint density at radius 2 is 1.97 bits per heavy atom. The Morgan fingerprint density at radius 1 is 1.11 bits per heavy atom. The Hall–Kier alpha value is -3.94. The Morgan fingerprint density at radius 3 is 2.69 bits per heavy atom. The number of carbonyl (C=O) groups excluding carboxylic acids is 1. The summed E-state index contributed by atoms with van der Waals surface area (Å²) in [6.45, 7) is 4.10. The SMILES string of the molecule is Cc1[nH]nc2c1c(CC1CCC(C)(C=O)CC1)nc1c(-c3ccc(-c4cccnc4)nc3)cnn12. The Balaban J connectivity index is 1.38. The quantitative estimate of drug-likeness (QED) is 0.368. The molecular weight excluding hydrogens is 438 g/mol. The van der Waals surface area contributed by atoms with Gasteiger partial charge in [-0.3, -0.25) is 15.1 Å². The van der Waals surface area contributed by atoms with Gasteiger partial charge in [-0.25, -0.2) is 4.98 Å². The lowest BCUT2D eigenvalue weighted by atomic mass is 9.71. The van der Waals surface area contributed by atoms with Crippen LogP contribution in [0.15, 0.2) is 49.1 Å². The lowest BCUT2D eigenvalue weighted by Crippen LogP contribution is -2.26. The van der Waals surface area contributed by atoms with Crippen LogP contribution in [0.5, 0.6) is 0 Å². The number of hydrogen-bond acceptors (Lipinski definition) is 6. The molecule has 6 rings (SSSR count). The van der Waals surface area contributed by atoms with Gasteiger partial charge in [0.25, 0.3) is 0 Å². The van der Waals surface area contributed by atoms with E-state index in [1.807, 2.05) is 48.2 Å². The molecule has 0 spiro atoms. The van der Waals surface area contributed by atoms with Crippen LogP contribution in [0, 0.1) is 18.3 Å². The van der Waals surface area contributed by atoms with Gasteiger partial charge in [0.05, 0.1) is 23.0 Å². The number of carbonyl (C=O) groups is 1. The molecule has 5 aromatic heterocycles. The smallest absolute Gasteiger partial charge is 0.186 e. The maximum atomic E-state index is 11.5. The predicted molar refractivity (Wildman–Crippen MR) is 134 cm³/mol. The predicted octanol–water partition coefficient (Wildman–Crippen LogP) is 4.98. The number of nitrogens with zero attached hydrogens (tertiary/aromatic N) is 6. The number of pyridine rings is 2. The highest BCUT2D eigenvalue weighted by Gasteiger charge is 2.31. The second-order valence-corrected chi connectivity index (χ2v) is 9.99. The normalized spacial score (nSPS) is 20.5. The molecule has 0 aromatic carbocycles. The van der Waals surface area contributed by atoms with Gasteiger partial charge in [0.15, 0.2) is 11.3 Å². The molecule has 0 amide bonds. The maximum Gasteiger partial charge on any atom is 0.186 e. The van der Waals surface area contributed by atoms with E-state index < -0.39 is 0 Å². The van der Waals surface area contributed by atoms with E-state index in [-0.39, 0.29) is 5.41 Å². The van der Waals surface area contributed by atoms with Crippen molar-refractivity contribution in [3.63, 3.8) is 0 Å². The summed E-state index contributed by atoms with van der Waals surface area (Å²) in [7, 11) is 0. The highest BCUT2D eigenvalue weighted by molar-refractivity contribution is 5.87. The first-order valence-electron chi connectivity index (χ1n) is 12.1. The molecule has 0 radical (unpaired) electrons. The number of aryl methyl sites for hydroxylation is 1. The Labute approximate surface area is 202 Å². The van der Waals surface area contributed by atoms with E-state index in [1.54, 1.807) is 6.20 Å². The summed E-state index contributed by atoms with van der Waals surface area (Å²) in [6.07, 6.45) is 13.2. The molecular formula is C27H27N7O. The second kappa shape index (κ2) is 8.37. The molecule has 1 N–H and O–H groups in total. The van der Waals surface area contributed by atoms with E-state index in [0.717, 1.165) is 88.8 Å². The van der Waals surface area contributed by atoms with Gasteiger partial charge in [0.2, 0.25) is 0 Å². The van der Waals surface area contributed by atoms with E-state index in [0.29, 0.717) is 5.92 Å². The minimum Gasteiger partial charge on any atom is -0.303 e. The zero-order valence-electron chi connectivity index (χ0n) is 19.9. The van der Waals surface area contributed by atoms with E-state index in [2.05, 4.69) is 38.3 Å². The number of rotatable bonds is 5. The summed E-state index contributed by atoms with van der Waals surface area (Å²) >= 11 is 0. The molecule has 1 aliphatic rings. The van der Waals surface area contributed by atoms with Crippen molar-refractivity contribution in [2.75, 3.05) is 0 Å². The van der Waals surface area contributed by atoms with Crippen molar-refractivity contribution < 1.29 is 4.79 Å². The van der Waals surface area contributed by atoms with Gasteiger partial charge in [0, 0.05) is 46.4 Å². The van der Waals surface area contributed by atoms with Crippen molar-refractivity contribution in [1.82, 2.24) is 34.8 Å². The van der Waals surface area contributed by atoms with Gasteiger partial charge in [-0.05, 0) is 63.1 Å². The maximum absolute atomic E-state index is 11.5. The van der Waals surface area contributed by atoms with Crippen LogP contribution < -0.4 is 0 Å². The molecule has 176 valence electrons. The number of aromatic amines is 1. The minimum absolute atomic E-state index is 0.178. The molecule has 8 heteroatoms. The number of aldehydes is 1. The van der Waals surface area contributed by atoms with E-state index in [9.17, 15) is 4.79 Å². The molecule has 0 atom stereocenters. The van der Waals surface area contributed by atoms with E-state index in [1.165, 1.54) is 0 Å². The zero-order chi connectivity index (χ0) is 24.0. The number of fused-ring (bicyclic) bond motifs is 3. The average molecular weight is 466 g/mol. The number of nitrogens with one attached hydrogen (secondary N) is 1. The number of hydrogen-bond donors (Lipinski definition) is 1. The fourth-order valence-electron chi connectivity index (χ4n) is 5.23. The van der Waals surface area contributed by atoms with Crippen molar-refractivity contribution in [3.8, 4) is 22.4 Å². The molecule has 1 saturated carbocycles. The fraction of sp³-hybridized carbons (Fsp3) is 0.333. The average Bonchev–Trinajstić information content (AvgIpc) is 3.50. The summed E-state index contributed by atoms with van der Waals surface area (Å²) in [5.74, 6) is 0.502. The van der Waals surface area contributed by atoms with Gasteiger partial charge >= 0.3 is 0 Å². The monoisotopic (exact) mass is 465 g/mol. The summed E-state index contributed by atoms with van der Waals surface area (Å²) in [5, 5.41) is 13.4. The molecule has 1 aliphatic carbocycles. The number of H-pyrrole nitrogens is 1. The van der Waals surface area contributed by atoms with Gasteiger partial charge < -0.3 is 4.79 Å². The van der Waals surface area contributed by atoms with Gasteiger partial charge in [0.1, 0.15) is 6.29 Å². The summed E-state index contributed by atoms with van der Waals surface area (Å²) < 4.78 is 1.82. The molecule has 0 unspecified atom stereocenters. The molecule has 0 saturated heterocycles. The van der Waals surface area contributed by atoms with Gasteiger partial charge in [-0.1, -0.05) is 13.0 Å². The first-order valence-corrected chi connectivity index (χ1v) is 12.1. The van der Waals surface area contributed by atoms with Crippen molar-refractivity contribution in [2.24, 2.45) is 11.3 Å². The summed E-state index contributed by atoms with van der Waals surface area (Å²) in [6, 6.07) is 7.96. The molecule has 0 bridgehead atoms. The Bertz CT molecular complexity index is 1510. The molecule has 1 fully saturated rings. The van der Waals surface area contributed by atoms with Crippen LogP contribution in [0.2, 0.25) is 0 Å². The molecule has 5 heterocycles. The zero-order valence-corrected chi connectivity index (χ0v) is 19.9. The molecule has 8 nitrogen and oxygen atoms in total. The van der Waals surface area contributed by atoms with Crippen molar-refractivity contribution in [2.45, 2.75) is 46.0 Å². The van der Waals surface area contributed by atoms with Crippen molar-refractivity contribution >= 4 is 23.0 Å². The highest BCUT2D eigenvalue weighted by atomic mass is 16.1. The summed E-state index contributed by atoms with van der Waals surface area (Å²) in [4.78, 5) is 25.5. The van der Waals surface area contributed by atoms with E-state index in [4.69, 9.17) is 4.98 Å². The lowest BCUT2D eigenvalue weighted by molar-refractivity contribution is -0.117. The van der Waals surface area contributed by atoms with Crippen LogP contribution in [-0.2, 0) is 11.2 Å². The van der Waals surface area contributed by atoms with Gasteiger partial charge in [-0.15, -0.1) is 0 Å². The lowest BCUT2D eigenvalue weighted by Gasteiger charge is -2.33. The van der Waals surface area contributed by atoms with Crippen LogP contribution in [-0.4, -0.2) is 41.0 Å². The Kier molecular flexibility index (Phi) is 5.16. The topological polar surface area (TPSA) is 102 Å². The first-order chi connectivity index (χ1) is 17.0. The molecule has 35 heavy (non-hydrogen) atoms. The molecule has 0 aliphatic heterocycles. The van der Waals surface area contributed by atoms with Crippen LogP contribution in [0.4, 0.5) is 0 Å². The third-order valence-corrected chi connectivity index (χ3v) is 7.45. The van der Waals surface area contributed by atoms with Crippen LogP contribution in [0.3, 0.4) is 0 Å². The van der Waals surface area contributed by atoms with Crippen LogP contribution in [0.25, 0.3) is 39.1 Å². The third kappa shape index (κ3) is 3.79.